The van der Waals surface area contributed by atoms with Gasteiger partial charge in [0, 0.05) is 40.6 Å². The molecular formula is C20H18N2O5S. The highest BCUT2D eigenvalue weighted by molar-refractivity contribution is 7.85. The van der Waals surface area contributed by atoms with E-state index in [1.165, 1.54) is 12.1 Å². The Kier molecular flexibility index (Phi) is 4.26. The van der Waals surface area contributed by atoms with Crippen LogP contribution in [0.3, 0.4) is 0 Å². The molecule has 3 aromatic rings. The van der Waals surface area contributed by atoms with Crippen LogP contribution in [0.25, 0.3) is 0 Å². The van der Waals surface area contributed by atoms with Crippen LogP contribution in [0.1, 0.15) is 28.2 Å². The number of ether oxygens (including phenoxy) is 1. The Labute approximate surface area is 161 Å². The van der Waals surface area contributed by atoms with Crippen molar-refractivity contribution in [2.45, 2.75) is 17.4 Å². The number of hydrogen-bond donors (Lipinski definition) is 4. The zero-order valence-electron chi connectivity index (χ0n) is 14.7. The summed E-state index contributed by atoms with van der Waals surface area (Å²) in [6, 6.07) is 14.8. The molecule has 0 radical (unpaired) electrons. The number of nitrogens with two attached hydrogens (primary N) is 2. The normalized spacial score (nSPS) is 13.5. The van der Waals surface area contributed by atoms with E-state index in [9.17, 15) is 18.1 Å². The molecule has 1 aliphatic rings. The van der Waals surface area contributed by atoms with Gasteiger partial charge in [-0.3, -0.25) is 4.55 Å². The second-order valence-electron chi connectivity index (χ2n) is 6.62. The maximum absolute atomic E-state index is 11.5. The zero-order chi connectivity index (χ0) is 20.1. The maximum atomic E-state index is 11.5. The molecule has 0 saturated carbocycles. The second kappa shape index (κ2) is 6.52. The molecule has 0 fully saturated rings. The van der Waals surface area contributed by atoms with E-state index in [-0.39, 0.29) is 10.8 Å². The van der Waals surface area contributed by atoms with Crippen molar-refractivity contribution in [3.8, 4) is 11.5 Å². The molecule has 8 heteroatoms. The fourth-order valence-electron chi connectivity index (χ4n) is 3.54. The molecule has 28 heavy (non-hydrogen) atoms. The summed E-state index contributed by atoms with van der Waals surface area (Å²) in [5.74, 6) is 0.786. The van der Waals surface area contributed by atoms with Gasteiger partial charge in [-0.1, -0.05) is 18.2 Å². The SMILES string of the molecule is Nc1ccc2c(c1)Oc1cc(N)ccc1C2c1ccc(S(=O)(=O)O)cc1CO. The van der Waals surface area contributed by atoms with Crippen LogP contribution >= 0.6 is 0 Å². The molecule has 0 amide bonds. The van der Waals surface area contributed by atoms with Crippen molar-refractivity contribution in [2.24, 2.45) is 0 Å². The van der Waals surface area contributed by atoms with Crippen LogP contribution in [0, 0.1) is 0 Å². The number of hydrogen-bond acceptors (Lipinski definition) is 6. The number of anilines is 2. The van der Waals surface area contributed by atoms with Gasteiger partial charge in [0.05, 0.1) is 11.5 Å². The van der Waals surface area contributed by atoms with Crippen molar-refractivity contribution in [1.29, 1.82) is 0 Å². The summed E-state index contributed by atoms with van der Waals surface area (Å²) < 4.78 is 38.3. The first-order valence-electron chi connectivity index (χ1n) is 8.46. The Bertz CT molecular complexity index is 1140. The Morgan fingerprint density at radius 3 is 1.89 bits per heavy atom. The fourth-order valence-corrected chi connectivity index (χ4v) is 4.07. The Hall–Kier alpha value is -3.07. The first-order chi connectivity index (χ1) is 13.3. The van der Waals surface area contributed by atoms with Crippen LogP contribution in [0.5, 0.6) is 11.5 Å². The molecule has 0 atom stereocenters. The fraction of sp³-hybridized carbons (Fsp3) is 0.100. The van der Waals surface area contributed by atoms with E-state index in [0.717, 1.165) is 11.1 Å². The summed E-state index contributed by atoms with van der Waals surface area (Å²) in [7, 11) is -4.38. The van der Waals surface area contributed by atoms with Gasteiger partial charge in [-0.25, -0.2) is 0 Å². The van der Waals surface area contributed by atoms with Gasteiger partial charge in [0.15, 0.2) is 0 Å². The molecule has 4 rings (SSSR count). The average Bonchev–Trinajstić information content (AvgIpc) is 2.64. The van der Waals surface area contributed by atoms with Gasteiger partial charge < -0.3 is 21.3 Å². The molecule has 1 aliphatic heterocycles. The topological polar surface area (TPSA) is 136 Å². The van der Waals surface area contributed by atoms with E-state index < -0.39 is 16.7 Å². The molecule has 1 heterocycles. The Morgan fingerprint density at radius 2 is 1.39 bits per heavy atom. The highest BCUT2D eigenvalue weighted by atomic mass is 32.2. The Morgan fingerprint density at radius 1 is 0.857 bits per heavy atom. The summed E-state index contributed by atoms with van der Waals surface area (Å²) in [4.78, 5) is -0.276. The third-order valence-electron chi connectivity index (χ3n) is 4.81. The predicted octanol–water partition coefficient (Wildman–Crippen LogP) is 2.88. The van der Waals surface area contributed by atoms with Gasteiger partial charge in [0.1, 0.15) is 11.5 Å². The number of aliphatic hydroxyl groups is 1. The van der Waals surface area contributed by atoms with E-state index in [1.54, 1.807) is 30.3 Å². The molecule has 0 unspecified atom stereocenters. The molecule has 6 N–H and O–H groups in total. The number of rotatable bonds is 3. The van der Waals surface area contributed by atoms with Crippen LogP contribution in [0.2, 0.25) is 0 Å². The van der Waals surface area contributed by atoms with E-state index in [0.29, 0.717) is 34.0 Å². The summed E-state index contributed by atoms with van der Waals surface area (Å²) >= 11 is 0. The van der Waals surface area contributed by atoms with Crippen LogP contribution < -0.4 is 16.2 Å². The standard InChI is InChI=1S/C20H18N2O5S/c21-12-1-4-16-18(8-12)27-19-9-13(22)2-5-17(19)20(16)15-6-3-14(28(24,25)26)7-11(15)10-23/h1-9,20,23H,10,21-22H2,(H,24,25,26). The molecule has 144 valence electrons. The van der Waals surface area contributed by atoms with Crippen LogP contribution in [0.4, 0.5) is 11.4 Å². The largest absolute Gasteiger partial charge is 0.457 e. The number of fused-ring (bicyclic) bond motifs is 2. The van der Waals surface area contributed by atoms with Crippen molar-refractivity contribution < 1.29 is 22.8 Å². The molecule has 7 nitrogen and oxygen atoms in total. The van der Waals surface area contributed by atoms with E-state index in [4.69, 9.17) is 16.2 Å². The van der Waals surface area contributed by atoms with Crippen molar-refractivity contribution in [2.75, 3.05) is 11.5 Å². The second-order valence-corrected chi connectivity index (χ2v) is 8.04. The van der Waals surface area contributed by atoms with Gasteiger partial charge in [0.2, 0.25) is 0 Å². The molecule has 0 bridgehead atoms. The third kappa shape index (κ3) is 3.07. The van der Waals surface area contributed by atoms with Crippen LogP contribution in [-0.2, 0) is 16.7 Å². The predicted molar refractivity (Wildman–Crippen MR) is 105 cm³/mol. The van der Waals surface area contributed by atoms with E-state index in [2.05, 4.69) is 0 Å². The van der Waals surface area contributed by atoms with Crippen molar-refractivity contribution in [3.63, 3.8) is 0 Å². The van der Waals surface area contributed by atoms with Crippen LogP contribution in [0.15, 0.2) is 59.5 Å². The summed E-state index contributed by atoms with van der Waals surface area (Å²) in [5.41, 5.74) is 15.6. The van der Waals surface area contributed by atoms with Gasteiger partial charge in [-0.15, -0.1) is 0 Å². The molecule has 3 aromatic carbocycles. The zero-order valence-corrected chi connectivity index (χ0v) is 15.5. The van der Waals surface area contributed by atoms with Gasteiger partial charge in [-0.2, -0.15) is 8.42 Å². The van der Waals surface area contributed by atoms with Crippen molar-refractivity contribution in [3.05, 3.63) is 76.9 Å². The highest BCUT2D eigenvalue weighted by Crippen LogP contribution is 2.49. The number of nitrogen functional groups attached to an aromatic ring is 2. The van der Waals surface area contributed by atoms with Crippen LogP contribution in [-0.4, -0.2) is 18.1 Å². The quantitative estimate of drug-likeness (QED) is 0.308. The Balaban J connectivity index is 1.98. The van der Waals surface area contributed by atoms with Crippen molar-refractivity contribution in [1.82, 2.24) is 0 Å². The minimum Gasteiger partial charge on any atom is -0.457 e. The third-order valence-corrected chi connectivity index (χ3v) is 5.66. The average molecular weight is 398 g/mol. The lowest BCUT2D eigenvalue weighted by atomic mass is 9.80. The van der Waals surface area contributed by atoms with E-state index in [1.807, 2.05) is 12.1 Å². The first-order valence-corrected chi connectivity index (χ1v) is 9.90. The van der Waals surface area contributed by atoms with E-state index >= 15 is 0 Å². The monoisotopic (exact) mass is 398 g/mol. The molecular weight excluding hydrogens is 380 g/mol. The summed E-state index contributed by atoms with van der Waals surface area (Å²) in [6.45, 7) is -0.398. The van der Waals surface area contributed by atoms with Gasteiger partial charge in [0.25, 0.3) is 10.1 Å². The minimum absolute atomic E-state index is 0.276. The first kappa shape index (κ1) is 18.3. The smallest absolute Gasteiger partial charge is 0.294 e. The van der Waals surface area contributed by atoms with Gasteiger partial charge in [-0.05, 0) is 35.4 Å². The maximum Gasteiger partial charge on any atom is 0.294 e. The highest BCUT2D eigenvalue weighted by Gasteiger charge is 2.31. The minimum atomic E-state index is -4.38. The molecule has 0 aromatic heterocycles. The molecule has 0 saturated heterocycles. The number of benzene rings is 3. The summed E-state index contributed by atoms with van der Waals surface area (Å²) in [5, 5.41) is 9.88. The lowest BCUT2D eigenvalue weighted by molar-refractivity contribution is 0.280. The molecule has 0 spiro atoms. The molecule has 0 aliphatic carbocycles. The summed E-state index contributed by atoms with van der Waals surface area (Å²) in [6.07, 6.45) is 0. The van der Waals surface area contributed by atoms with Crippen molar-refractivity contribution >= 4 is 21.5 Å². The number of aliphatic hydroxyl groups excluding tert-OH is 1. The lowest BCUT2D eigenvalue weighted by Crippen LogP contribution is -2.14. The lowest BCUT2D eigenvalue weighted by Gasteiger charge is -2.30. The van der Waals surface area contributed by atoms with Gasteiger partial charge >= 0.3 is 0 Å².